The molecule has 2 aromatic rings. The van der Waals surface area contributed by atoms with E-state index < -0.39 is 0 Å². The second-order valence-electron chi connectivity index (χ2n) is 4.86. The lowest BCUT2D eigenvalue weighted by Crippen LogP contribution is -2.39. The van der Waals surface area contributed by atoms with E-state index in [-0.39, 0.29) is 0 Å². The molecule has 5 nitrogen and oxygen atoms in total. The summed E-state index contributed by atoms with van der Waals surface area (Å²) in [5.74, 6) is 0. The highest BCUT2D eigenvalue weighted by Crippen LogP contribution is 2.20. The zero-order chi connectivity index (χ0) is 12.7. The van der Waals surface area contributed by atoms with Crippen LogP contribution in [0.2, 0.25) is 0 Å². The molecule has 3 heterocycles. The standard InChI is InChI=1S/C12H19N5S/c1-3-16-11-10(9(2)14-16)13-12(18)17(11)15-7-5-4-6-8-15/h3-8H2,1-2H3,(H,13,18). The first-order chi connectivity index (χ1) is 8.72. The maximum absolute atomic E-state index is 5.48. The number of nitrogens with zero attached hydrogens (tertiary/aromatic N) is 4. The van der Waals surface area contributed by atoms with E-state index >= 15 is 0 Å². The highest BCUT2D eigenvalue weighted by atomic mass is 32.1. The SMILES string of the molecule is CCn1nc(C)c2[nH]c(=S)n(N3CCCCC3)c21. The van der Waals surface area contributed by atoms with E-state index in [0.717, 1.165) is 41.3 Å². The number of fused-ring (bicyclic) bond motifs is 1. The van der Waals surface area contributed by atoms with Gasteiger partial charge in [-0.05, 0) is 45.3 Å². The minimum atomic E-state index is 0.787. The third-order valence-electron chi connectivity index (χ3n) is 3.64. The highest BCUT2D eigenvalue weighted by molar-refractivity contribution is 7.71. The molecule has 0 radical (unpaired) electrons. The summed E-state index contributed by atoms with van der Waals surface area (Å²) in [7, 11) is 0. The predicted molar refractivity (Wildman–Crippen MR) is 75.1 cm³/mol. The van der Waals surface area contributed by atoms with Crippen LogP contribution < -0.4 is 5.01 Å². The maximum Gasteiger partial charge on any atom is 0.198 e. The molecule has 0 atom stereocenters. The molecule has 0 aliphatic carbocycles. The average Bonchev–Trinajstić information content (AvgIpc) is 2.88. The molecule has 2 aromatic heterocycles. The van der Waals surface area contributed by atoms with Crippen molar-refractivity contribution >= 4 is 23.4 Å². The number of nitrogens with one attached hydrogen (secondary N) is 1. The molecule has 0 unspecified atom stereocenters. The molecule has 1 aliphatic heterocycles. The van der Waals surface area contributed by atoms with Gasteiger partial charge in [0.25, 0.3) is 0 Å². The van der Waals surface area contributed by atoms with Crippen molar-refractivity contribution in [3.05, 3.63) is 10.5 Å². The number of hydrogen-bond acceptors (Lipinski definition) is 3. The molecule has 1 N–H and O–H groups in total. The van der Waals surface area contributed by atoms with Crippen molar-refractivity contribution in [2.45, 2.75) is 39.7 Å². The number of aromatic amines is 1. The van der Waals surface area contributed by atoms with Crippen molar-refractivity contribution in [1.82, 2.24) is 19.4 Å². The van der Waals surface area contributed by atoms with Crippen LogP contribution in [0.15, 0.2) is 0 Å². The van der Waals surface area contributed by atoms with Crippen LogP contribution in [0.4, 0.5) is 0 Å². The number of piperidine rings is 1. The molecule has 6 heteroatoms. The molecular formula is C12H19N5S. The Balaban J connectivity index is 2.20. The minimum absolute atomic E-state index is 0.787. The number of aromatic nitrogens is 4. The van der Waals surface area contributed by atoms with E-state index in [1.807, 2.05) is 11.6 Å². The lowest BCUT2D eigenvalue weighted by atomic mass is 10.2. The largest absolute Gasteiger partial charge is 0.326 e. The Kier molecular flexibility index (Phi) is 2.89. The molecule has 18 heavy (non-hydrogen) atoms. The van der Waals surface area contributed by atoms with Crippen LogP contribution in [0.3, 0.4) is 0 Å². The Labute approximate surface area is 111 Å². The first kappa shape index (κ1) is 11.8. The van der Waals surface area contributed by atoms with Gasteiger partial charge in [0, 0.05) is 19.6 Å². The molecule has 3 rings (SSSR count). The van der Waals surface area contributed by atoms with E-state index in [2.05, 4.69) is 26.7 Å². The quantitative estimate of drug-likeness (QED) is 0.848. The monoisotopic (exact) mass is 265 g/mol. The van der Waals surface area contributed by atoms with Gasteiger partial charge >= 0.3 is 0 Å². The number of imidazole rings is 1. The van der Waals surface area contributed by atoms with Gasteiger partial charge in [-0.3, -0.25) is 0 Å². The van der Waals surface area contributed by atoms with Crippen molar-refractivity contribution in [2.75, 3.05) is 18.1 Å². The number of aryl methyl sites for hydroxylation is 2. The highest BCUT2D eigenvalue weighted by Gasteiger charge is 2.19. The fourth-order valence-electron chi connectivity index (χ4n) is 2.75. The van der Waals surface area contributed by atoms with E-state index in [4.69, 9.17) is 12.2 Å². The van der Waals surface area contributed by atoms with E-state index in [1.54, 1.807) is 0 Å². The lowest BCUT2D eigenvalue weighted by Gasteiger charge is -2.29. The minimum Gasteiger partial charge on any atom is -0.326 e. The predicted octanol–water partition coefficient (Wildman–Crippen LogP) is 2.35. The van der Waals surface area contributed by atoms with Crippen molar-refractivity contribution in [3.8, 4) is 0 Å². The van der Waals surface area contributed by atoms with Gasteiger partial charge in [0.15, 0.2) is 10.4 Å². The molecule has 98 valence electrons. The van der Waals surface area contributed by atoms with Gasteiger partial charge in [-0.2, -0.15) is 5.10 Å². The fourth-order valence-corrected chi connectivity index (χ4v) is 3.05. The fraction of sp³-hybridized carbons (Fsp3) is 0.667. The molecule has 0 spiro atoms. The van der Waals surface area contributed by atoms with Crippen LogP contribution in [0.25, 0.3) is 11.2 Å². The van der Waals surface area contributed by atoms with E-state index in [9.17, 15) is 0 Å². The van der Waals surface area contributed by atoms with Gasteiger partial charge in [-0.15, -0.1) is 0 Å². The first-order valence-corrected chi connectivity index (χ1v) is 7.06. The lowest BCUT2D eigenvalue weighted by molar-refractivity contribution is 0.475. The molecule has 1 saturated heterocycles. The van der Waals surface area contributed by atoms with Gasteiger partial charge in [0.1, 0.15) is 5.52 Å². The van der Waals surface area contributed by atoms with Gasteiger partial charge in [0.05, 0.1) is 5.69 Å². The van der Waals surface area contributed by atoms with E-state index in [1.165, 1.54) is 19.3 Å². The van der Waals surface area contributed by atoms with Crippen molar-refractivity contribution in [3.63, 3.8) is 0 Å². The summed E-state index contributed by atoms with van der Waals surface area (Å²) in [6.07, 6.45) is 3.81. The zero-order valence-electron chi connectivity index (χ0n) is 10.9. The van der Waals surface area contributed by atoms with Crippen LogP contribution in [-0.4, -0.2) is 32.5 Å². The van der Waals surface area contributed by atoms with Crippen molar-refractivity contribution < 1.29 is 0 Å². The second kappa shape index (κ2) is 4.42. The summed E-state index contributed by atoms with van der Waals surface area (Å²) >= 11 is 5.48. The summed E-state index contributed by atoms with van der Waals surface area (Å²) in [6, 6.07) is 0. The number of hydrogen-bond donors (Lipinski definition) is 1. The smallest absolute Gasteiger partial charge is 0.198 e. The van der Waals surface area contributed by atoms with Crippen molar-refractivity contribution in [2.24, 2.45) is 0 Å². The van der Waals surface area contributed by atoms with Crippen LogP contribution in [0, 0.1) is 11.7 Å². The second-order valence-corrected chi connectivity index (χ2v) is 5.24. The number of H-pyrrole nitrogens is 1. The Bertz CT molecular complexity index is 614. The molecule has 0 aromatic carbocycles. The Morgan fingerprint density at radius 3 is 2.67 bits per heavy atom. The summed E-state index contributed by atoms with van der Waals surface area (Å²) in [5.41, 5.74) is 3.21. The average molecular weight is 265 g/mol. The van der Waals surface area contributed by atoms with Crippen LogP contribution in [0.1, 0.15) is 31.9 Å². The van der Waals surface area contributed by atoms with Gasteiger partial charge in [-0.25, -0.2) is 9.36 Å². The van der Waals surface area contributed by atoms with Gasteiger partial charge < -0.3 is 9.99 Å². The molecular weight excluding hydrogens is 246 g/mol. The van der Waals surface area contributed by atoms with Crippen LogP contribution in [-0.2, 0) is 6.54 Å². The molecule has 1 aliphatic rings. The summed E-state index contributed by atoms with van der Waals surface area (Å²) < 4.78 is 4.97. The Morgan fingerprint density at radius 2 is 2.00 bits per heavy atom. The zero-order valence-corrected chi connectivity index (χ0v) is 11.8. The third kappa shape index (κ3) is 1.67. The summed E-state index contributed by atoms with van der Waals surface area (Å²) in [6.45, 7) is 7.16. The Morgan fingerprint density at radius 1 is 1.28 bits per heavy atom. The summed E-state index contributed by atoms with van der Waals surface area (Å²) in [5, 5.41) is 6.90. The van der Waals surface area contributed by atoms with Gasteiger partial charge in [0.2, 0.25) is 0 Å². The van der Waals surface area contributed by atoms with Crippen LogP contribution in [0.5, 0.6) is 0 Å². The van der Waals surface area contributed by atoms with E-state index in [0.29, 0.717) is 0 Å². The Hall–Kier alpha value is -1.30. The molecule has 1 fully saturated rings. The molecule has 0 bridgehead atoms. The van der Waals surface area contributed by atoms with Crippen molar-refractivity contribution in [1.29, 1.82) is 0 Å². The molecule has 0 amide bonds. The number of rotatable bonds is 2. The van der Waals surface area contributed by atoms with Gasteiger partial charge in [-0.1, -0.05) is 0 Å². The normalized spacial score (nSPS) is 16.7. The third-order valence-corrected chi connectivity index (χ3v) is 3.92. The maximum atomic E-state index is 5.48. The first-order valence-electron chi connectivity index (χ1n) is 6.65. The topological polar surface area (TPSA) is 41.8 Å². The summed E-state index contributed by atoms with van der Waals surface area (Å²) in [4.78, 5) is 3.30. The van der Waals surface area contributed by atoms with Crippen LogP contribution >= 0.6 is 12.2 Å². The molecule has 0 saturated carbocycles.